The zero-order chi connectivity index (χ0) is 28.8. The fraction of sp³-hybridized carbons (Fsp3) is 0.938. The molecule has 4 saturated carbocycles. The second-order valence-electron chi connectivity index (χ2n) is 14.8. The Hall–Kier alpha value is -1.06. The third kappa shape index (κ3) is 5.64. The Labute approximate surface area is 240 Å². The van der Waals surface area contributed by atoms with E-state index in [1.807, 2.05) is 0 Å². The van der Waals surface area contributed by atoms with E-state index >= 15 is 0 Å². The molecule has 0 radical (unpaired) electrons. The van der Waals surface area contributed by atoms with Crippen molar-refractivity contribution in [3.8, 4) is 0 Å². The van der Waals surface area contributed by atoms with Crippen LogP contribution in [0.15, 0.2) is 0 Å². The van der Waals surface area contributed by atoms with Crippen molar-refractivity contribution in [2.75, 3.05) is 26.2 Å². The molecular formula is C32H54N2O6. The lowest BCUT2D eigenvalue weighted by molar-refractivity contribution is -0.156. The molecule has 4 N–H and O–H groups in total. The largest absolute Gasteiger partial charge is 0.481 e. The average molecular weight is 563 g/mol. The maximum absolute atomic E-state index is 11.6. The summed E-state index contributed by atoms with van der Waals surface area (Å²) >= 11 is 0. The molecule has 0 aromatic rings. The van der Waals surface area contributed by atoms with Crippen LogP contribution >= 0.6 is 0 Å². The van der Waals surface area contributed by atoms with Crippen molar-refractivity contribution < 1.29 is 30.0 Å². The number of likely N-dealkylation sites (tertiary alicyclic amines) is 2. The molecule has 6 aliphatic rings. The number of aliphatic hydroxyl groups is 3. The molecule has 40 heavy (non-hydrogen) atoms. The molecule has 10 atom stereocenters. The number of carbonyl (C=O) groups is 2. The van der Waals surface area contributed by atoms with Gasteiger partial charge in [-0.25, -0.2) is 0 Å². The summed E-state index contributed by atoms with van der Waals surface area (Å²) < 4.78 is 0. The van der Waals surface area contributed by atoms with Crippen molar-refractivity contribution in [1.29, 1.82) is 0 Å². The second kappa shape index (κ2) is 11.9. The smallest absolute Gasteiger partial charge is 0.310 e. The first-order chi connectivity index (χ1) is 18.9. The van der Waals surface area contributed by atoms with Crippen molar-refractivity contribution in [3.05, 3.63) is 0 Å². The highest BCUT2D eigenvalue weighted by Crippen LogP contribution is 2.66. The average Bonchev–Trinajstić information content (AvgIpc) is 3.51. The fourth-order valence-electron chi connectivity index (χ4n) is 10.5. The van der Waals surface area contributed by atoms with E-state index in [4.69, 9.17) is 5.11 Å². The molecule has 0 bridgehead atoms. The Morgan fingerprint density at radius 1 is 0.800 bits per heavy atom. The monoisotopic (exact) mass is 562 g/mol. The SMILES string of the molecule is CC(=O)CC(=O)O.C[C@]12C[C@H](N3CCC(O)CC3)[C@@H](O)C[C@@H]1CC[C@@H]1[C@@H]2CC[C@]2(C)[C@@H](O)[C@@H](N3CCCC3)C[C@@H]12. The van der Waals surface area contributed by atoms with E-state index in [0.29, 0.717) is 23.3 Å². The predicted molar refractivity (Wildman–Crippen MR) is 153 cm³/mol. The number of ketones is 1. The third-order valence-corrected chi connectivity index (χ3v) is 12.6. The highest BCUT2D eigenvalue weighted by Gasteiger charge is 2.63. The van der Waals surface area contributed by atoms with Crippen LogP contribution in [0.2, 0.25) is 0 Å². The van der Waals surface area contributed by atoms with Crippen LogP contribution in [0, 0.1) is 34.5 Å². The molecule has 6 fully saturated rings. The molecule has 8 heteroatoms. The van der Waals surface area contributed by atoms with Gasteiger partial charge in [0, 0.05) is 25.2 Å². The van der Waals surface area contributed by atoms with E-state index in [1.54, 1.807) is 0 Å². The molecule has 0 unspecified atom stereocenters. The summed E-state index contributed by atoms with van der Waals surface area (Å²) in [5, 5.41) is 40.6. The molecule has 2 saturated heterocycles. The van der Waals surface area contributed by atoms with E-state index < -0.39 is 5.97 Å². The Balaban J connectivity index is 0.000000411. The molecule has 6 rings (SSSR count). The topological polar surface area (TPSA) is 122 Å². The number of fused-ring (bicyclic) bond motifs is 5. The Kier molecular flexibility index (Phi) is 9.05. The summed E-state index contributed by atoms with van der Waals surface area (Å²) in [6.07, 6.45) is 11.7. The zero-order valence-electron chi connectivity index (χ0n) is 25.0. The zero-order valence-corrected chi connectivity index (χ0v) is 25.0. The van der Waals surface area contributed by atoms with Gasteiger partial charge in [0.1, 0.15) is 12.2 Å². The van der Waals surface area contributed by atoms with Crippen LogP contribution < -0.4 is 0 Å². The summed E-state index contributed by atoms with van der Waals surface area (Å²) in [4.78, 5) is 24.6. The van der Waals surface area contributed by atoms with Gasteiger partial charge in [0.05, 0.1) is 18.3 Å². The van der Waals surface area contributed by atoms with Gasteiger partial charge in [-0.1, -0.05) is 13.8 Å². The van der Waals surface area contributed by atoms with Crippen LogP contribution in [0.1, 0.15) is 97.8 Å². The molecule has 228 valence electrons. The van der Waals surface area contributed by atoms with Gasteiger partial charge in [-0.15, -0.1) is 0 Å². The molecule has 0 aromatic heterocycles. The number of carboxylic acids is 1. The molecule has 2 heterocycles. The molecule has 4 aliphatic carbocycles. The van der Waals surface area contributed by atoms with Crippen molar-refractivity contribution in [2.45, 2.75) is 128 Å². The third-order valence-electron chi connectivity index (χ3n) is 12.6. The molecular weight excluding hydrogens is 508 g/mol. The van der Waals surface area contributed by atoms with E-state index in [1.165, 1.54) is 65.0 Å². The molecule has 0 amide bonds. The summed E-state index contributed by atoms with van der Waals surface area (Å²) in [6.45, 7) is 10.5. The summed E-state index contributed by atoms with van der Waals surface area (Å²) in [5.41, 5.74) is 0.398. The number of carboxylic acid groups (broad SMARTS) is 1. The number of rotatable bonds is 4. The quantitative estimate of drug-likeness (QED) is 0.385. The van der Waals surface area contributed by atoms with Crippen LogP contribution in [-0.4, -0.2) is 98.6 Å². The van der Waals surface area contributed by atoms with Gasteiger partial charge in [0.2, 0.25) is 0 Å². The van der Waals surface area contributed by atoms with E-state index in [2.05, 4.69) is 23.6 Å². The highest BCUT2D eigenvalue weighted by atomic mass is 16.4. The molecule has 0 spiro atoms. The van der Waals surface area contributed by atoms with Gasteiger partial charge in [-0.2, -0.15) is 0 Å². The maximum atomic E-state index is 11.6. The standard InChI is InChI=1S/C28H48N2O3.C4H6O3/c1-27-10-7-21-20(22(27)16-23(26(27)33)29-11-3-4-12-29)6-5-18-15-25(32)24(17-28(18,21)2)30-13-8-19(31)9-14-30;1-3(5)2-4(6)7/h18-26,31-33H,3-17H2,1-2H3;2H2,1H3,(H,6,7)/t18-,20+,21-,22-,23-,24-,25-,26-,27-,28-;/m0./s1. The fourth-order valence-corrected chi connectivity index (χ4v) is 10.5. The van der Waals surface area contributed by atoms with Crippen molar-refractivity contribution in [3.63, 3.8) is 0 Å². The van der Waals surface area contributed by atoms with Gasteiger partial charge in [0.15, 0.2) is 0 Å². The van der Waals surface area contributed by atoms with E-state index in [-0.39, 0.29) is 42.0 Å². The van der Waals surface area contributed by atoms with E-state index in [0.717, 1.165) is 50.6 Å². The lowest BCUT2D eigenvalue weighted by atomic mass is 9.44. The lowest BCUT2D eigenvalue weighted by Crippen LogP contribution is -2.60. The predicted octanol–water partition coefficient (Wildman–Crippen LogP) is 3.31. The Bertz CT molecular complexity index is 905. The van der Waals surface area contributed by atoms with E-state index in [9.17, 15) is 24.9 Å². The molecule has 0 aromatic carbocycles. The summed E-state index contributed by atoms with van der Waals surface area (Å²) in [6, 6.07) is 0.643. The number of nitrogens with zero attached hydrogens (tertiary/aromatic N) is 2. The van der Waals surface area contributed by atoms with Gasteiger partial charge in [0.25, 0.3) is 0 Å². The van der Waals surface area contributed by atoms with Crippen LogP contribution in [0.4, 0.5) is 0 Å². The Morgan fingerprint density at radius 2 is 1.45 bits per heavy atom. The lowest BCUT2D eigenvalue weighted by Gasteiger charge is -2.62. The number of aliphatic hydroxyl groups excluding tert-OH is 3. The van der Waals surface area contributed by atoms with Crippen molar-refractivity contribution in [1.82, 2.24) is 9.80 Å². The first-order valence-corrected chi connectivity index (χ1v) is 16.2. The van der Waals surface area contributed by atoms with Gasteiger partial charge in [-0.05, 0) is 125 Å². The minimum absolute atomic E-state index is 0.0915. The number of aliphatic carboxylic acids is 1. The number of piperidine rings is 1. The minimum atomic E-state index is -1.06. The van der Waals surface area contributed by atoms with Crippen LogP contribution in [0.3, 0.4) is 0 Å². The second-order valence-corrected chi connectivity index (χ2v) is 14.8. The van der Waals surface area contributed by atoms with Gasteiger partial charge < -0.3 is 20.4 Å². The minimum Gasteiger partial charge on any atom is -0.481 e. The maximum Gasteiger partial charge on any atom is 0.310 e. The number of hydrogen-bond donors (Lipinski definition) is 4. The van der Waals surface area contributed by atoms with Gasteiger partial charge >= 0.3 is 5.97 Å². The highest BCUT2D eigenvalue weighted by molar-refractivity contribution is 5.93. The first-order valence-electron chi connectivity index (χ1n) is 16.2. The number of hydrogen-bond acceptors (Lipinski definition) is 7. The molecule has 8 nitrogen and oxygen atoms in total. The first kappa shape index (κ1) is 30.4. The number of carbonyl (C=O) groups excluding carboxylic acids is 1. The van der Waals surface area contributed by atoms with Crippen molar-refractivity contribution >= 4 is 11.8 Å². The normalized spacial score (nSPS) is 46.0. The number of Topliss-reactive ketones (excluding diaryl/α,β-unsaturated/α-hetero) is 1. The van der Waals surface area contributed by atoms with Gasteiger partial charge in [-0.3, -0.25) is 19.4 Å². The summed E-state index contributed by atoms with van der Waals surface area (Å²) in [7, 11) is 0. The van der Waals surface area contributed by atoms with Crippen molar-refractivity contribution in [2.24, 2.45) is 34.5 Å². The van der Waals surface area contributed by atoms with Crippen LogP contribution in [0.5, 0.6) is 0 Å². The molecule has 2 aliphatic heterocycles. The van der Waals surface area contributed by atoms with Crippen LogP contribution in [-0.2, 0) is 9.59 Å². The summed E-state index contributed by atoms with van der Waals surface area (Å²) in [5.74, 6) is 1.41. The van der Waals surface area contributed by atoms with Crippen LogP contribution in [0.25, 0.3) is 0 Å². The Morgan fingerprint density at radius 3 is 2.05 bits per heavy atom.